The summed E-state index contributed by atoms with van der Waals surface area (Å²) in [5.74, 6) is -1.59. The summed E-state index contributed by atoms with van der Waals surface area (Å²) in [5.41, 5.74) is 1.34. The fourth-order valence-electron chi connectivity index (χ4n) is 3.12. The van der Waals surface area contributed by atoms with Crippen LogP contribution < -0.4 is 4.90 Å². The number of fused-ring (bicyclic) bond motifs is 1. The number of aliphatic hydroxyl groups is 1. The molecule has 0 spiro atoms. The van der Waals surface area contributed by atoms with E-state index in [9.17, 15) is 14.7 Å². The summed E-state index contributed by atoms with van der Waals surface area (Å²) < 4.78 is 0.906. The quantitative estimate of drug-likeness (QED) is 0.724. The maximum Gasteiger partial charge on any atom is 0.296 e. The second kappa shape index (κ2) is 6.23. The van der Waals surface area contributed by atoms with Gasteiger partial charge in [0.25, 0.3) is 5.91 Å². The third kappa shape index (κ3) is 2.50. The molecule has 0 fully saturated rings. The Hall–Kier alpha value is -2.70. The first-order valence-electron chi connectivity index (χ1n) is 7.86. The van der Waals surface area contributed by atoms with Crippen LogP contribution in [0.5, 0.6) is 0 Å². The summed E-state index contributed by atoms with van der Waals surface area (Å²) in [6, 6.07) is 13.7. The molecule has 1 amide bonds. The number of aliphatic hydroxyl groups excluding tert-OH is 1. The zero-order valence-electron chi connectivity index (χ0n) is 13.6. The lowest BCUT2D eigenvalue weighted by Gasteiger charge is -2.24. The molecule has 130 valence electrons. The Morgan fingerprint density at radius 3 is 2.58 bits per heavy atom. The number of hydrogen-bond acceptors (Lipinski definition) is 5. The van der Waals surface area contributed by atoms with Gasteiger partial charge in [0.2, 0.25) is 0 Å². The molecular formula is C19H13ClN2O3S. The van der Waals surface area contributed by atoms with Crippen LogP contribution in [-0.4, -0.2) is 21.8 Å². The van der Waals surface area contributed by atoms with E-state index in [4.69, 9.17) is 11.6 Å². The fourth-order valence-corrected chi connectivity index (χ4v) is 4.35. The smallest absolute Gasteiger partial charge is 0.296 e. The van der Waals surface area contributed by atoms with Crippen LogP contribution in [0.1, 0.15) is 18.5 Å². The van der Waals surface area contributed by atoms with Crippen molar-refractivity contribution in [3.63, 3.8) is 0 Å². The van der Waals surface area contributed by atoms with E-state index in [-0.39, 0.29) is 11.4 Å². The molecule has 26 heavy (non-hydrogen) atoms. The second-order valence-electron chi connectivity index (χ2n) is 5.88. The van der Waals surface area contributed by atoms with Gasteiger partial charge in [-0.1, -0.05) is 53.3 Å². The molecule has 1 aromatic heterocycles. The number of amides is 1. The fraction of sp³-hybridized carbons (Fsp3) is 0.105. The monoisotopic (exact) mass is 384 g/mol. The minimum atomic E-state index is -0.811. The van der Waals surface area contributed by atoms with Gasteiger partial charge >= 0.3 is 0 Å². The summed E-state index contributed by atoms with van der Waals surface area (Å²) in [7, 11) is 0. The number of rotatable bonds is 3. The molecule has 1 aliphatic heterocycles. The highest BCUT2D eigenvalue weighted by atomic mass is 35.5. The highest BCUT2D eigenvalue weighted by Crippen LogP contribution is 2.44. The molecule has 0 saturated carbocycles. The summed E-state index contributed by atoms with van der Waals surface area (Å²) in [6.07, 6.45) is 0. The Bertz CT molecular complexity index is 1060. The van der Waals surface area contributed by atoms with Crippen LogP contribution in [0.3, 0.4) is 0 Å². The Balaban J connectivity index is 1.93. The van der Waals surface area contributed by atoms with E-state index in [0.29, 0.717) is 15.7 Å². The van der Waals surface area contributed by atoms with E-state index < -0.39 is 17.7 Å². The lowest BCUT2D eigenvalue weighted by Crippen LogP contribution is -2.30. The third-order valence-corrected chi connectivity index (χ3v) is 5.66. The van der Waals surface area contributed by atoms with Crippen LogP contribution in [0.4, 0.5) is 5.13 Å². The molecule has 0 bridgehead atoms. The van der Waals surface area contributed by atoms with Crippen LogP contribution in [0.15, 0.2) is 59.9 Å². The van der Waals surface area contributed by atoms with Crippen molar-refractivity contribution in [2.45, 2.75) is 13.0 Å². The molecule has 1 atom stereocenters. The first-order valence-corrected chi connectivity index (χ1v) is 9.06. The van der Waals surface area contributed by atoms with Gasteiger partial charge in [0.05, 0.1) is 21.8 Å². The van der Waals surface area contributed by atoms with Crippen molar-refractivity contribution in [3.05, 3.63) is 70.4 Å². The van der Waals surface area contributed by atoms with Crippen LogP contribution in [0.25, 0.3) is 10.2 Å². The van der Waals surface area contributed by atoms with E-state index in [1.165, 1.54) is 23.2 Å². The number of Topliss-reactive ketones (excluding diaryl/α,β-unsaturated/α-hetero) is 1. The van der Waals surface area contributed by atoms with Gasteiger partial charge in [0, 0.05) is 5.02 Å². The number of carbonyl (C=O) groups is 2. The van der Waals surface area contributed by atoms with Gasteiger partial charge in [-0.3, -0.25) is 14.5 Å². The molecule has 7 heteroatoms. The summed E-state index contributed by atoms with van der Waals surface area (Å²) in [5, 5.41) is 11.2. The normalized spacial score (nSPS) is 17.4. The van der Waals surface area contributed by atoms with Crippen LogP contribution in [0, 0.1) is 0 Å². The van der Waals surface area contributed by atoms with E-state index in [0.717, 1.165) is 10.2 Å². The number of anilines is 1. The third-order valence-electron chi connectivity index (χ3n) is 4.28. The van der Waals surface area contributed by atoms with Gasteiger partial charge in [0.1, 0.15) is 0 Å². The SMILES string of the molecule is CC(=O)C1=C(O)C(=O)N(c2nc3ccccc3s2)[C@@H]1c1ccccc1Cl. The average molecular weight is 385 g/mol. The van der Waals surface area contributed by atoms with Crippen molar-refractivity contribution < 1.29 is 14.7 Å². The maximum atomic E-state index is 12.8. The number of thiazole rings is 1. The van der Waals surface area contributed by atoms with Gasteiger partial charge in [-0.05, 0) is 30.7 Å². The molecule has 4 rings (SSSR count). The van der Waals surface area contributed by atoms with E-state index in [2.05, 4.69) is 4.98 Å². The molecule has 0 aliphatic carbocycles. The van der Waals surface area contributed by atoms with Crippen molar-refractivity contribution in [1.29, 1.82) is 0 Å². The molecule has 0 radical (unpaired) electrons. The molecule has 0 saturated heterocycles. The van der Waals surface area contributed by atoms with Crippen molar-refractivity contribution in [3.8, 4) is 0 Å². The standard InChI is InChI=1S/C19H13ClN2O3S/c1-10(23)15-16(11-6-2-3-7-12(11)20)22(18(25)17(15)24)19-21-13-8-4-5-9-14(13)26-19/h2-9,16,24H,1H3/t16-/m1/s1. The summed E-state index contributed by atoms with van der Waals surface area (Å²) in [6.45, 7) is 1.32. The van der Waals surface area contributed by atoms with Crippen LogP contribution >= 0.6 is 22.9 Å². The van der Waals surface area contributed by atoms with E-state index >= 15 is 0 Å². The Labute approximate surface area is 158 Å². The highest BCUT2D eigenvalue weighted by molar-refractivity contribution is 7.22. The maximum absolute atomic E-state index is 12.8. The van der Waals surface area contributed by atoms with Gasteiger partial charge in [-0.25, -0.2) is 4.98 Å². The lowest BCUT2D eigenvalue weighted by atomic mass is 9.97. The summed E-state index contributed by atoms with van der Waals surface area (Å²) in [4.78, 5) is 30.8. The molecule has 2 heterocycles. The second-order valence-corrected chi connectivity index (χ2v) is 7.30. The van der Waals surface area contributed by atoms with Gasteiger partial charge in [0.15, 0.2) is 16.7 Å². The van der Waals surface area contributed by atoms with Crippen molar-refractivity contribution in [1.82, 2.24) is 4.98 Å². The number of nitrogens with zero attached hydrogens (tertiary/aromatic N) is 2. The first-order chi connectivity index (χ1) is 12.5. The zero-order chi connectivity index (χ0) is 18.4. The predicted molar refractivity (Wildman–Crippen MR) is 102 cm³/mol. The molecule has 0 unspecified atom stereocenters. The van der Waals surface area contributed by atoms with Gasteiger partial charge < -0.3 is 5.11 Å². The minimum Gasteiger partial charge on any atom is -0.503 e. The largest absolute Gasteiger partial charge is 0.503 e. The molecule has 5 nitrogen and oxygen atoms in total. The molecule has 3 aromatic rings. The number of hydrogen-bond donors (Lipinski definition) is 1. The van der Waals surface area contributed by atoms with Crippen molar-refractivity contribution in [2.24, 2.45) is 0 Å². The number of ketones is 1. The first kappa shape index (κ1) is 16.8. The number of benzene rings is 2. The number of para-hydroxylation sites is 1. The molecular weight excluding hydrogens is 372 g/mol. The number of halogens is 1. The van der Waals surface area contributed by atoms with Crippen molar-refractivity contribution >= 4 is 50.0 Å². The number of aromatic nitrogens is 1. The molecule has 1 aliphatic rings. The van der Waals surface area contributed by atoms with Crippen LogP contribution in [-0.2, 0) is 9.59 Å². The minimum absolute atomic E-state index is 0.0300. The molecule has 2 aromatic carbocycles. The number of carbonyl (C=O) groups excluding carboxylic acids is 2. The zero-order valence-corrected chi connectivity index (χ0v) is 15.2. The van der Waals surface area contributed by atoms with E-state index in [1.807, 2.05) is 24.3 Å². The van der Waals surface area contributed by atoms with Crippen LogP contribution in [0.2, 0.25) is 5.02 Å². The Morgan fingerprint density at radius 2 is 1.88 bits per heavy atom. The van der Waals surface area contributed by atoms with Gasteiger partial charge in [-0.2, -0.15) is 0 Å². The average Bonchev–Trinajstić information content (AvgIpc) is 3.14. The predicted octanol–water partition coefficient (Wildman–Crippen LogP) is 4.44. The molecule has 1 N–H and O–H groups in total. The Kier molecular flexibility index (Phi) is 4.01. The topological polar surface area (TPSA) is 70.5 Å². The van der Waals surface area contributed by atoms with E-state index in [1.54, 1.807) is 24.3 Å². The summed E-state index contributed by atoms with van der Waals surface area (Å²) >= 11 is 7.65. The van der Waals surface area contributed by atoms with Crippen molar-refractivity contribution in [2.75, 3.05) is 4.90 Å². The van der Waals surface area contributed by atoms with Gasteiger partial charge in [-0.15, -0.1) is 0 Å². The highest BCUT2D eigenvalue weighted by Gasteiger charge is 2.45. The Morgan fingerprint density at radius 1 is 1.19 bits per heavy atom. The lowest BCUT2D eigenvalue weighted by molar-refractivity contribution is -0.117.